The SMILES string of the molecule is O=C(NCc1ccco1)/C(=C/c1ccc(O)cc1)NC(=O)c1ccccc1. The Morgan fingerprint density at radius 2 is 1.70 bits per heavy atom. The molecule has 6 nitrogen and oxygen atoms in total. The van der Waals surface area contributed by atoms with Crippen molar-refractivity contribution in [2.24, 2.45) is 0 Å². The number of hydrogen-bond donors (Lipinski definition) is 3. The largest absolute Gasteiger partial charge is 0.508 e. The first kappa shape index (κ1) is 18.0. The van der Waals surface area contributed by atoms with Crippen LogP contribution in [-0.4, -0.2) is 16.9 Å². The van der Waals surface area contributed by atoms with Gasteiger partial charge in [-0.1, -0.05) is 30.3 Å². The van der Waals surface area contributed by atoms with E-state index in [2.05, 4.69) is 10.6 Å². The van der Waals surface area contributed by atoms with Crippen LogP contribution in [0, 0.1) is 0 Å². The summed E-state index contributed by atoms with van der Waals surface area (Å²) in [7, 11) is 0. The lowest BCUT2D eigenvalue weighted by Gasteiger charge is -2.11. The monoisotopic (exact) mass is 362 g/mol. The van der Waals surface area contributed by atoms with E-state index in [1.807, 2.05) is 0 Å². The van der Waals surface area contributed by atoms with Crippen LogP contribution in [0.3, 0.4) is 0 Å². The quantitative estimate of drug-likeness (QED) is 0.588. The maximum atomic E-state index is 12.6. The minimum absolute atomic E-state index is 0.0844. The van der Waals surface area contributed by atoms with Crippen molar-refractivity contribution in [1.29, 1.82) is 0 Å². The van der Waals surface area contributed by atoms with Crippen LogP contribution >= 0.6 is 0 Å². The average Bonchev–Trinajstić information content (AvgIpc) is 3.21. The van der Waals surface area contributed by atoms with Crippen LogP contribution < -0.4 is 10.6 Å². The number of nitrogens with one attached hydrogen (secondary N) is 2. The minimum atomic E-state index is -0.455. The first-order chi connectivity index (χ1) is 13.1. The number of carbonyl (C=O) groups excluding carboxylic acids is 2. The van der Waals surface area contributed by atoms with Gasteiger partial charge in [0.05, 0.1) is 12.8 Å². The fourth-order valence-corrected chi connectivity index (χ4v) is 2.36. The average molecular weight is 362 g/mol. The Bertz CT molecular complexity index is 930. The summed E-state index contributed by atoms with van der Waals surface area (Å²) in [4.78, 5) is 25.0. The third-order valence-corrected chi connectivity index (χ3v) is 3.74. The first-order valence-electron chi connectivity index (χ1n) is 8.29. The van der Waals surface area contributed by atoms with Crippen molar-refractivity contribution in [3.05, 3.63) is 95.6 Å². The molecule has 0 aliphatic heterocycles. The molecule has 0 bridgehead atoms. The van der Waals surface area contributed by atoms with E-state index in [1.165, 1.54) is 24.5 Å². The van der Waals surface area contributed by atoms with Gasteiger partial charge in [0.25, 0.3) is 11.8 Å². The van der Waals surface area contributed by atoms with Crippen molar-refractivity contribution in [3.63, 3.8) is 0 Å². The van der Waals surface area contributed by atoms with Crippen molar-refractivity contribution in [1.82, 2.24) is 10.6 Å². The summed E-state index contributed by atoms with van der Waals surface area (Å²) in [5, 5.41) is 14.8. The molecule has 0 saturated heterocycles. The number of hydrogen-bond acceptors (Lipinski definition) is 4. The van der Waals surface area contributed by atoms with Crippen molar-refractivity contribution < 1.29 is 19.1 Å². The highest BCUT2D eigenvalue weighted by Gasteiger charge is 2.15. The van der Waals surface area contributed by atoms with Gasteiger partial charge in [-0.15, -0.1) is 0 Å². The lowest BCUT2D eigenvalue weighted by atomic mass is 10.1. The van der Waals surface area contributed by atoms with E-state index in [4.69, 9.17) is 4.42 Å². The zero-order valence-corrected chi connectivity index (χ0v) is 14.4. The van der Waals surface area contributed by atoms with Crippen LogP contribution in [0.4, 0.5) is 0 Å². The number of rotatable bonds is 6. The number of furan rings is 1. The molecule has 2 amide bonds. The number of aromatic hydroxyl groups is 1. The number of amides is 2. The topological polar surface area (TPSA) is 91.6 Å². The van der Waals surface area contributed by atoms with Gasteiger partial charge in [-0.3, -0.25) is 9.59 Å². The van der Waals surface area contributed by atoms with E-state index in [9.17, 15) is 14.7 Å². The van der Waals surface area contributed by atoms with Crippen molar-refractivity contribution in [3.8, 4) is 5.75 Å². The second-order valence-corrected chi connectivity index (χ2v) is 5.73. The standard InChI is InChI=1S/C21H18N2O4/c24-17-10-8-15(9-11-17)13-19(21(26)22-14-18-7-4-12-27-18)23-20(25)16-5-2-1-3-6-16/h1-13,24H,14H2,(H,22,26)(H,23,25)/b19-13-. The van der Waals surface area contributed by atoms with Gasteiger partial charge in [-0.2, -0.15) is 0 Å². The molecule has 0 fully saturated rings. The maximum absolute atomic E-state index is 12.6. The third-order valence-electron chi connectivity index (χ3n) is 3.74. The molecule has 0 aliphatic carbocycles. The predicted molar refractivity (Wildman–Crippen MR) is 101 cm³/mol. The van der Waals surface area contributed by atoms with Crippen LogP contribution in [0.25, 0.3) is 6.08 Å². The fraction of sp³-hybridized carbons (Fsp3) is 0.0476. The first-order valence-corrected chi connectivity index (χ1v) is 8.29. The zero-order valence-electron chi connectivity index (χ0n) is 14.4. The highest BCUT2D eigenvalue weighted by atomic mass is 16.3. The van der Waals surface area contributed by atoms with E-state index in [0.717, 1.165) is 0 Å². The van der Waals surface area contributed by atoms with Crippen molar-refractivity contribution in [2.75, 3.05) is 0 Å². The molecule has 6 heteroatoms. The van der Waals surface area contributed by atoms with Crippen LogP contribution in [0.5, 0.6) is 5.75 Å². The molecule has 136 valence electrons. The number of phenolic OH excluding ortho intramolecular Hbond substituents is 1. The van der Waals surface area contributed by atoms with Crippen LogP contribution in [-0.2, 0) is 11.3 Å². The van der Waals surface area contributed by atoms with Gasteiger partial charge >= 0.3 is 0 Å². The van der Waals surface area contributed by atoms with Crippen LogP contribution in [0.15, 0.2) is 83.1 Å². The lowest BCUT2D eigenvalue weighted by molar-refractivity contribution is -0.118. The second kappa shape index (κ2) is 8.53. The molecule has 1 aromatic heterocycles. The van der Waals surface area contributed by atoms with Gasteiger partial charge < -0.3 is 20.2 Å². The molecule has 3 rings (SSSR count). The zero-order chi connectivity index (χ0) is 19.1. The summed E-state index contributed by atoms with van der Waals surface area (Å²) in [6.07, 6.45) is 3.06. The van der Waals surface area contributed by atoms with E-state index in [1.54, 1.807) is 54.6 Å². The predicted octanol–water partition coefficient (Wildman–Crippen LogP) is 3.07. The molecule has 0 spiro atoms. The Balaban J connectivity index is 1.80. The maximum Gasteiger partial charge on any atom is 0.268 e. The molecule has 0 atom stereocenters. The Hall–Kier alpha value is -3.80. The van der Waals surface area contributed by atoms with Gasteiger partial charge in [-0.05, 0) is 48.0 Å². The smallest absolute Gasteiger partial charge is 0.268 e. The lowest BCUT2D eigenvalue weighted by Crippen LogP contribution is -2.34. The molecule has 1 heterocycles. The molecular weight excluding hydrogens is 344 g/mol. The molecule has 0 aliphatic rings. The summed E-state index contributed by atoms with van der Waals surface area (Å²) in [6, 6.07) is 18.4. The van der Waals surface area contributed by atoms with Crippen LogP contribution in [0.2, 0.25) is 0 Å². The van der Waals surface area contributed by atoms with E-state index < -0.39 is 11.8 Å². The molecule has 0 radical (unpaired) electrons. The number of carbonyl (C=O) groups is 2. The van der Waals surface area contributed by atoms with Gasteiger partial charge in [-0.25, -0.2) is 0 Å². The summed E-state index contributed by atoms with van der Waals surface area (Å²) in [5.74, 6) is -0.136. The molecule has 27 heavy (non-hydrogen) atoms. The number of benzene rings is 2. The number of phenols is 1. The summed E-state index contributed by atoms with van der Waals surface area (Å²) < 4.78 is 5.20. The van der Waals surface area contributed by atoms with Crippen LogP contribution in [0.1, 0.15) is 21.7 Å². The van der Waals surface area contributed by atoms with E-state index in [-0.39, 0.29) is 18.0 Å². The minimum Gasteiger partial charge on any atom is -0.508 e. The summed E-state index contributed by atoms with van der Waals surface area (Å²) in [6.45, 7) is 0.194. The summed E-state index contributed by atoms with van der Waals surface area (Å²) in [5.41, 5.74) is 1.18. The fourth-order valence-electron chi connectivity index (χ4n) is 2.36. The second-order valence-electron chi connectivity index (χ2n) is 5.73. The Kier molecular flexibility index (Phi) is 5.69. The molecule has 0 unspecified atom stereocenters. The highest BCUT2D eigenvalue weighted by molar-refractivity contribution is 6.05. The Morgan fingerprint density at radius 1 is 0.963 bits per heavy atom. The molecule has 3 aromatic rings. The summed E-state index contributed by atoms with van der Waals surface area (Å²) >= 11 is 0. The van der Waals surface area contributed by atoms with Gasteiger partial charge in [0, 0.05) is 5.56 Å². The van der Waals surface area contributed by atoms with Gasteiger partial charge in [0.2, 0.25) is 0 Å². The molecule has 3 N–H and O–H groups in total. The van der Waals surface area contributed by atoms with E-state index >= 15 is 0 Å². The van der Waals surface area contributed by atoms with Gasteiger partial charge in [0.1, 0.15) is 17.2 Å². The van der Waals surface area contributed by atoms with E-state index in [0.29, 0.717) is 16.9 Å². The Labute approximate surface area is 156 Å². The molecule has 2 aromatic carbocycles. The molecular formula is C21H18N2O4. The molecule has 0 saturated carbocycles. The van der Waals surface area contributed by atoms with Gasteiger partial charge in [0.15, 0.2) is 0 Å². The van der Waals surface area contributed by atoms with Crippen molar-refractivity contribution >= 4 is 17.9 Å². The Morgan fingerprint density at radius 3 is 2.37 bits per heavy atom. The van der Waals surface area contributed by atoms with Crippen molar-refractivity contribution in [2.45, 2.75) is 6.54 Å². The highest BCUT2D eigenvalue weighted by Crippen LogP contribution is 2.13. The normalized spacial score (nSPS) is 11.0. The third kappa shape index (κ3) is 5.09.